The summed E-state index contributed by atoms with van der Waals surface area (Å²) < 4.78 is 10.9. The van der Waals surface area contributed by atoms with Crippen molar-refractivity contribution < 1.29 is 19.1 Å². The minimum Gasteiger partial charge on any atom is -0.497 e. The number of amides is 2. The van der Waals surface area contributed by atoms with Crippen molar-refractivity contribution in [3.63, 3.8) is 0 Å². The van der Waals surface area contributed by atoms with Gasteiger partial charge in [-0.3, -0.25) is 9.59 Å². The fourth-order valence-electron chi connectivity index (χ4n) is 3.46. The van der Waals surface area contributed by atoms with E-state index in [9.17, 15) is 9.59 Å². The molecule has 2 aromatic carbocycles. The van der Waals surface area contributed by atoms with Gasteiger partial charge in [0, 0.05) is 24.5 Å². The SMILES string of the molecule is CCCCNC(=O)[C@H](CC)N(Cc1ccccc1Cl)C(=O)CCCOc1ccc(OC)cc1. The van der Waals surface area contributed by atoms with E-state index < -0.39 is 6.04 Å². The number of methoxy groups -OCH3 is 1. The summed E-state index contributed by atoms with van der Waals surface area (Å²) in [5.74, 6) is 1.26. The smallest absolute Gasteiger partial charge is 0.242 e. The van der Waals surface area contributed by atoms with Crippen LogP contribution in [0.5, 0.6) is 11.5 Å². The third kappa shape index (κ3) is 8.61. The normalized spacial score (nSPS) is 11.5. The minimum atomic E-state index is -0.548. The number of hydrogen-bond acceptors (Lipinski definition) is 4. The summed E-state index contributed by atoms with van der Waals surface area (Å²) in [5, 5.41) is 3.55. The number of nitrogens with one attached hydrogen (secondary N) is 1. The highest BCUT2D eigenvalue weighted by Gasteiger charge is 2.28. The molecule has 0 aliphatic rings. The van der Waals surface area contributed by atoms with E-state index in [1.54, 1.807) is 18.1 Å². The number of carbonyl (C=O) groups excluding carboxylic acids is 2. The summed E-state index contributed by atoms with van der Waals surface area (Å²) in [5.41, 5.74) is 0.821. The molecule has 0 radical (unpaired) electrons. The molecule has 2 amide bonds. The van der Waals surface area contributed by atoms with Gasteiger partial charge in [-0.2, -0.15) is 0 Å². The topological polar surface area (TPSA) is 67.9 Å². The van der Waals surface area contributed by atoms with Crippen LogP contribution in [0, 0.1) is 0 Å². The zero-order valence-corrected chi connectivity index (χ0v) is 20.6. The third-order valence-corrected chi connectivity index (χ3v) is 5.75. The van der Waals surface area contributed by atoms with Gasteiger partial charge in [0.05, 0.1) is 13.7 Å². The molecule has 2 rings (SSSR count). The second-order valence-corrected chi connectivity index (χ2v) is 8.22. The molecule has 0 fully saturated rings. The Labute approximate surface area is 202 Å². The van der Waals surface area contributed by atoms with Gasteiger partial charge in [-0.25, -0.2) is 0 Å². The van der Waals surface area contributed by atoms with E-state index in [1.165, 1.54) is 0 Å². The van der Waals surface area contributed by atoms with Gasteiger partial charge in [-0.05, 0) is 55.2 Å². The maximum Gasteiger partial charge on any atom is 0.242 e. The van der Waals surface area contributed by atoms with Gasteiger partial charge >= 0.3 is 0 Å². The van der Waals surface area contributed by atoms with Gasteiger partial charge < -0.3 is 19.7 Å². The number of unbranched alkanes of at least 4 members (excludes halogenated alkanes) is 1. The summed E-state index contributed by atoms with van der Waals surface area (Å²) in [6.07, 6.45) is 3.24. The molecule has 2 aromatic rings. The van der Waals surface area contributed by atoms with Gasteiger partial charge in [0.25, 0.3) is 0 Å². The molecule has 0 aromatic heterocycles. The monoisotopic (exact) mass is 474 g/mol. The predicted octanol–water partition coefficient (Wildman–Crippen LogP) is 5.23. The van der Waals surface area contributed by atoms with Crippen LogP contribution in [-0.2, 0) is 16.1 Å². The Morgan fingerprint density at radius 1 is 1.03 bits per heavy atom. The average molecular weight is 475 g/mol. The predicted molar refractivity (Wildman–Crippen MR) is 132 cm³/mol. The van der Waals surface area contributed by atoms with E-state index in [4.69, 9.17) is 21.1 Å². The highest BCUT2D eigenvalue weighted by molar-refractivity contribution is 6.31. The lowest BCUT2D eigenvalue weighted by Gasteiger charge is -2.31. The molecule has 1 atom stereocenters. The van der Waals surface area contributed by atoms with Crippen LogP contribution >= 0.6 is 11.6 Å². The molecule has 180 valence electrons. The molecule has 1 N–H and O–H groups in total. The first kappa shape index (κ1) is 26.5. The second kappa shape index (κ2) is 14.4. The highest BCUT2D eigenvalue weighted by atomic mass is 35.5. The van der Waals surface area contributed by atoms with Crippen LogP contribution in [0.25, 0.3) is 0 Å². The van der Waals surface area contributed by atoms with Crippen molar-refractivity contribution >= 4 is 23.4 Å². The number of rotatable bonds is 14. The Balaban J connectivity index is 2.02. The summed E-state index contributed by atoms with van der Waals surface area (Å²) in [4.78, 5) is 27.7. The number of ether oxygens (including phenoxy) is 2. The van der Waals surface area contributed by atoms with E-state index in [-0.39, 0.29) is 24.8 Å². The van der Waals surface area contributed by atoms with Crippen molar-refractivity contribution in [1.82, 2.24) is 10.2 Å². The molecule has 0 saturated heterocycles. The Morgan fingerprint density at radius 2 is 1.73 bits per heavy atom. The van der Waals surface area contributed by atoms with Gasteiger partial charge in [-0.15, -0.1) is 0 Å². The van der Waals surface area contributed by atoms with Gasteiger partial charge in [0.2, 0.25) is 11.8 Å². The van der Waals surface area contributed by atoms with Crippen LogP contribution in [0.2, 0.25) is 5.02 Å². The minimum absolute atomic E-state index is 0.0919. The molecule has 0 aliphatic heterocycles. The molecule has 0 heterocycles. The van der Waals surface area contributed by atoms with Crippen molar-refractivity contribution in [2.75, 3.05) is 20.3 Å². The molecule has 0 unspecified atom stereocenters. The summed E-state index contributed by atoms with van der Waals surface area (Å²) in [6, 6.07) is 14.2. The van der Waals surface area contributed by atoms with E-state index in [0.29, 0.717) is 31.0 Å². The van der Waals surface area contributed by atoms with Crippen LogP contribution in [0.3, 0.4) is 0 Å². The van der Waals surface area contributed by atoms with E-state index in [0.717, 1.165) is 29.9 Å². The van der Waals surface area contributed by atoms with Crippen LogP contribution in [-0.4, -0.2) is 43.0 Å². The molecule has 0 saturated carbocycles. The van der Waals surface area contributed by atoms with Crippen molar-refractivity contribution in [2.45, 2.75) is 58.5 Å². The van der Waals surface area contributed by atoms with E-state index in [2.05, 4.69) is 12.2 Å². The zero-order valence-electron chi connectivity index (χ0n) is 19.8. The van der Waals surface area contributed by atoms with Crippen LogP contribution in [0.1, 0.15) is 51.5 Å². The van der Waals surface area contributed by atoms with Crippen molar-refractivity contribution in [1.29, 1.82) is 0 Å². The Kier molecular flexibility index (Phi) is 11.6. The molecule has 0 bridgehead atoms. The largest absolute Gasteiger partial charge is 0.497 e. The van der Waals surface area contributed by atoms with Gasteiger partial charge in [0.1, 0.15) is 17.5 Å². The molecule has 0 spiro atoms. The first-order chi connectivity index (χ1) is 16.0. The average Bonchev–Trinajstić information content (AvgIpc) is 2.83. The summed E-state index contributed by atoms with van der Waals surface area (Å²) in [7, 11) is 1.61. The molecule has 0 aliphatic carbocycles. The quantitative estimate of drug-likeness (QED) is 0.380. The molecular weight excluding hydrogens is 440 g/mol. The van der Waals surface area contributed by atoms with Crippen molar-refractivity contribution in [3.05, 3.63) is 59.1 Å². The summed E-state index contributed by atoms with van der Waals surface area (Å²) >= 11 is 6.35. The standard InChI is InChI=1S/C26H35ClN2O4/c1-4-6-17-28-26(31)24(5-2)29(19-20-10-7-8-11-23(20)27)25(30)12-9-18-33-22-15-13-21(32-3)14-16-22/h7-8,10-11,13-16,24H,4-6,9,12,17-19H2,1-3H3,(H,28,31)/t24-/m0/s1. The van der Waals surface area contributed by atoms with Gasteiger partial charge in [-0.1, -0.05) is 50.1 Å². The number of carbonyl (C=O) groups is 2. The summed E-state index contributed by atoms with van der Waals surface area (Å²) in [6.45, 7) is 5.29. The molecular formula is C26H35ClN2O4. The van der Waals surface area contributed by atoms with Crippen LogP contribution < -0.4 is 14.8 Å². The van der Waals surface area contributed by atoms with E-state index in [1.807, 2.05) is 49.4 Å². The Bertz CT molecular complexity index is 873. The molecule has 6 nitrogen and oxygen atoms in total. The fourth-order valence-corrected chi connectivity index (χ4v) is 3.66. The van der Waals surface area contributed by atoms with Crippen LogP contribution in [0.15, 0.2) is 48.5 Å². The molecule has 7 heteroatoms. The second-order valence-electron chi connectivity index (χ2n) is 7.81. The van der Waals surface area contributed by atoms with Crippen LogP contribution in [0.4, 0.5) is 0 Å². The molecule has 33 heavy (non-hydrogen) atoms. The Hall–Kier alpha value is -2.73. The van der Waals surface area contributed by atoms with E-state index >= 15 is 0 Å². The first-order valence-corrected chi connectivity index (χ1v) is 11.9. The number of halogens is 1. The lowest BCUT2D eigenvalue weighted by molar-refractivity contribution is -0.141. The van der Waals surface area contributed by atoms with Crippen molar-refractivity contribution in [2.24, 2.45) is 0 Å². The maximum absolute atomic E-state index is 13.2. The number of benzene rings is 2. The maximum atomic E-state index is 13.2. The first-order valence-electron chi connectivity index (χ1n) is 11.6. The Morgan fingerprint density at radius 3 is 2.36 bits per heavy atom. The highest BCUT2D eigenvalue weighted by Crippen LogP contribution is 2.21. The third-order valence-electron chi connectivity index (χ3n) is 5.38. The lowest BCUT2D eigenvalue weighted by atomic mass is 10.1. The fraction of sp³-hybridized carbons (Fsp3) is 0.462. The lowest BCUT2D eigenvalue weighted by Crippen LogP contribution is -2.49. The van der Waals surface area contributed by atoms with Gasteiger partial charge in [0.15, 0.2) is 0 Å². The zero-order chi connectivity index (χ0) is 24.1. The van der Waals surface area contributed by atoms with Crippen molar-refractivity contribution in [3.8, 4) is 11.5 Å². The number of nitrogens with zero attached hydrogens (tertiary/aromatic N) is 1. The number of hydrogen-bond donors (Lipinski definition) is 1.